The van der Waals surface area contributed by atoms with E-state index in [1.165, 1.54) is 11.5 Å². The number of carbonyl (C=O) groups is 2. The first-order valence-electron chi connectivity index (χ1n) is 6.22. The van der Waals surface area contributed by atoms with Crippen molar-refractivity contribution in [1.82, 2.24) is 4.90 Å². The molecule has 0 saturated carbocycles. The maximum Gasteiger partial charge on any atom is 0.303 e. The van der Waals surface area contributed by atoms with Gasteiger partial charge in [-0.25, -0.2) is 0 Å². The molecule has 0 unspecified atom stereocenters. The molecule has 2 heterocycles. The van der Waals surface area contributed by atoms with Crippen molar-refractivity contribution >= 4 is 23.6 Å². The van der Waals surface area contributed by atoms with Gasteiger partial charge in [-0.1, -0.05) is 0 Å². The van der Waals surface area contributed by atoms with Crippen LogP contribution < -0.4 is 0 Å². The number of carbonyl (C=O) groups excluding carboxylic acids is 1. The van der Waals surface area contributed by atoms with Crippen LogP contribution in [0.1, 0.15) is 25.7 Å². The van der Waals surface area contributed by atoms with Crippen molar-refractivity contribution in [1.29, 1.82) is 0 Å². The molecule has 2 fully saturated rings. The minimum absolute atomic E-state index is 0.179. The van der Waals surface area contributed by atoms with Crippen LogP contribution in [0.25, 0.3) is 0 Å². The molecule has 0 aromatic heterocycles. The number of aliphatic carboxylic acids is 1. The molecule has 4 nitrogen and oxygen atoms in total. The van der Waals surface area contributed by atoms with Crippen molar-refractivity contribution < 1.29 is 14.7 Å². The van der Waals surface area contributed by atoms with Crippen LogP contribution in [0.4, 0.5) is 0 Å². The lowest BCUT2D eigenvalue weighted by Gasteiger charge is -2.39. The zero-order chi connectivity index (χ0) is 12.3. The highest BCUT2D eigenvalue weighted by molar-refractivity contribution is 7.99. The van der Waals surface area contributed by atoms with E-state index in [9.17, 15) is 9.59 Å². The summed E-state index contributed by atoms with van der Waals surface area (Å²) in [6.07, 6.45) is 3.18. The third-order valence-corrected chi connectivity index (χ3v) is 4.63. The van der Waals surface area contributed by atoms with Crippen LogP contribution in [0.3, 0.4) is 0 Å². The smallest absolute Gasteiger partial charge is 0.303 e. The molecule has 2 aliphatic rings. The van der Waals surface area contributed by atoms with E-state index in [4.69, 9.17) is 5.11 Å². The zero-order valence-electron chi connectivity index (χ0n) is 9.93. The van der Waals surface area contributed by atoms with E-state index in [1.54, 1.807) is 0 Å². The number of hydrogen-bond acceptors (Lipinski definition) is 3. The topological polar surface area (TPSA) is 57.6 Å². The Morgan fingerprint density at radius 3 is 2.35 bits per heavy atom. The third-order valence-electron chi connectivity index (χ3n) is 3.58. The molecular weight excluding hydrogens is 238 g/mol. The fourth-order valence-corrected chi connectivity index (χ4v) is 3.68. The van der Waals surface area contributed by atoms with Gasteiger partial charge in [-0.2, -0.15) is 11.8 Å². The van der Waals surface area contributed by atoms with Crippen LogP contribution in [0.2, 0.25) is 0 Å². The number of thioether (sulfide) groups is 1. The van der Waals surface area contributed by atoms with Gasteiger partial charge >= 0.3 is 5.97 Å². The molecule has 0 spiro atoms. The van der Waals surface area contributed by atoms with E-state index in [1.807, 2.05) is 16.7 Å². The number of carboxylic acids is 1. The zero-order valence-corrected chi connectivity index (χ0v) is 10.7. The first-order valence-corrected chi connectivity index (χ1v) is 7.38. The van der Waals surface area contributed by atoms with Crippen molar-refractivity contribution in [3.8, 4) is 0 Å². The van der Waals surface area contributed by atoms with Crippen LogP contribution in [0.15, 0.2) is 0 Å². The molecule has 0 radical (unpaired) electrons. The summed E-state index contributed by atoms with van der Waals surface area (Å²) in [7, 11) is 0. The van der Waals surface area contributed by atoms with Gasteiger partial charge in [-0.15, -0.1) is 0 Å². The van der Waals surface area contributed by atoms with Crippen LogP contribution in [0, 0.1) is 11.8 Å². The molecule has 0 aromatic carbocycles. The number of nitrogens with zero attached hydrogens (tertiary/aromatic N) is 1. The fourth-order valence-electron chi connectivity index (χ4n) is 2.48. The average Bonchev–Trinajstić information content (AvgIpc) is 2.23. The predicted octanol–water partition coefficient (Wildman–Crippen LogP) is 1.45. The van der Waals surface area contributed by atoms with Gasteiger partial charge in [-0.05, 0) is 30.3 Å². The second-order valence-corrected chi connectivity index (χ2v) is 6.25. The van der Waals surface area contributed by atoms with E-state index in [0.717, 1.165) is 12.8 Å². The minimum atomic E-state index is -0.758. The van der Waals surface area contributed by atoms with E-state index in [0.29, 0.717) is 25.4 Å². The van der Waals surface area contributed by atoms with E-state index in [2.05, 4.69) is 0 Å². The van der Waals surface area contributed by atoms with Gasteiger partial charge in [-0.3, -0.25) is 9.59 Å². The Morgan fingerprint density at radius 2 is 1.76 bits per heavy atom. The Kier molecular flexibility index (Phi) is 4.31. The molecule has 2 saturated heterocycles. The monoisotopic (exact) mass is 257 g/mol. The first-order chi connectivity index (χ1) is 8.15. The minimum Gasteiger partial charge on any atom is -0.481 e. The summed E-state index contributed by atoms with van der Waals surface area (Å²) >= 11 is 1.97. The molecule has 1 N–H and O–H groups in total. The highest BCUT2D eigenvalue weighted by Gasteiger charge is 2.32. The summed E-state index contributed by atoms with van der Waals surface area (Å²) in [5.74, 6) is 2.56. The van der Waals surface area contributed by atoms with Crippen molar-refractivity contribution in [3.05, 3.63) is 0 Å². The number of rotatable bonds is 4. The van der Waals surface area contributed by atoms with Gasteiger partial charge in [0.25, 0.3) is 0 Å². The van der Waals surface area contributed by atoms with E-state index >= 15 is 0 Å². The van der Waals surface area contributed by atoms with Gasteiger partial charge in [0, 0.05) is 25.4 Å². The molecule has 2 rings (SSSR count). The van der Waals surface area contributed by atoms with E-state index in [-0.39, 0.29) is 18.2 Å². The highest BCUT2D eigenvalue weighted by Crippen LogP contribution is 2.27. The molecule has 0 atom stereocenters. The Labute approximate surface area is 106 Å². The molecule has 96 valence electrons. The summed E-state index contributed by atoms with van der Waals surface area (Å²) in [5, 5.41) is 8.63. The summed E-state index contributed by atoms with van der Waals surface area (Å²) in [5.41, 5.74) is 0. The SMILES string of the molecule is O=C(O)CC1CN(C(=O)CC2CCSCC2)C1. The van der Waals surface area contributed by atoms with Gasteiger partial charge < -0.3 is 10.0 Å². The molecular formula is C12H19NO3S. The van der Waals surface area contributed by atoms with Crippen LogP contribution in [0.5, 0.6) is 0 Å². The van der Waals surface area contributed by atoms with Crippen molar-refractivity contribution in [2.75, 3.05) is 24.6 Å². The summed E-state index contributed by atoms with van der Waals surface area (Å²) in [4.78, 5) is 24.2. The second-order valence-electron chi connectivity index (χ2n) is 5.02. The number of amides is 1. The molecule has 0 bridgehead atoms. The quantitative estimate of drug-likeness (QED) is 0.828. The van der Waals surface area contributed by atoms with Crippen LogP contribution >= 0.6 is 11.8 Å². The standard InChI is InChI=1S/C12H19NO3S/c14-11(5-9-1-3-17-4-2-9)13-7-10(8-13)6-12(15)16/h9-10H,1-8H2,(H,15,16). The Bertz CT molecular complexity index is 296. The maximum absolute atomic E-state index is 11.9. The number of carboxylic acid groups (broad SMARTS) is 1. The van der Waals surface area contributed by atoms with Crippen molar-refractivity contribution in [2.45, 2.75) is 25.7 Å². The summed E-state index contributed by atoms with van der Waals surface area (Å²) in [6.45, 7) is 1.29. The number of likely N-dealkylation sites (tertiary alicyclic amines) is 1. The molecule has 0 aliphatic carbocycles. The first kappa shape index (κ1) is 12.7. The number of hydrogen-bond donors (Lipinski definition) is 1. The third kappa shape index (κ3) is 3.63. The highest BCUT2D eigenvalue weighted by atomic mass is 32.2. The Morgan fingerprint density at radius 1 is 1.12 bits per heavy atom. The van der Waals surface area contributed by atoms with Gasteiger partial charge in [0.1, 0.15) is 0 Å². The lowest BCUT2D eigenvalue weighted by atomic mass is 9.93. The summed E-state index contributed by atoms with van der Waals surface area (Å²) < 4.78 is 0. The lowest BCUT2D eigenvalue weighted by Crippen LogP contribution is -2.51. The lowest BCUT2D eigenvalue weighted by molar-refractivity contribution is -0.145. The molecule has 1 amide bonds. The predicted molar refractivity (Wildman–Crippen MR) is 67.0 cm³/mol. The molecule has 17 heavy (non-hydrogen) atoms. The normalized spacial score (nSPS) is 22.2. The van der Waals surface area contributed by atoms with Crippen molar-refractivity contribution in [2.24, 2.45) is 11.8 Å². The summed E-state index contributed by atoms with van der Waals surface area (Å²) in [6, 6.07) is 0. The fraction of sp³-hybridized carbons (Fsp3) is 0.833. The molecule has 5 heteroatoms. The maximum atomic E-state index is 11.9. The molecule has 0 aromatic rings. The second kappa shape index (κ2) is 5.76. The van der Waals surface area contributed by atoms with Gasteiger partial charge in [0.05, 0.1) is 6.42 Å². The van der Waals surface area contributed by atoms with Gasteiger partial charge in [0.15, 0.2) is 0 Å². The largest absolute Gasteiger partial charge is 0.481 e. The average molecular weight is 257 g/mol. The molecule has 2 aliphatic heterocycles. The van der Waals surface area contributed by atoms with Crippen LogP contribution in [-0.4, -0.2) is 46.5 Å². The van der Waals surface area contributed by atoms with Crippen LogP contribution in [-0.2, 0) is 9.59 Å². The Hall–Kier alpha value is -0.710. The van der Waals surface area contributed by atoms with Gasteiger partial charge in [0.2, 0.25) is 5.91 Å². The van der Waals surface area contributed by atoms with E-state index < -0.39 is 5.97 Å². The van der Waals surface area contributed by atoms with Crippen molar-refractivity contribution in [3.63, 3.8) is 0 Å². The Balaban J connectivity index is 1.66.